The van der Waals surface area contributed by atoms with Crippen molar-refractivity contribution in [2.45, 2.75) is 40.2 Å². The largest absolute Gasteiger partial charge is 0.396 e. The molecule has 0 saturated carbocycles. The van der Waals surface area contributed by atoms with Crippen LogP contribution in [-0.4, -0.2) is 42.8 Å². The van der Waals surface area contributed by atoms with Gasteiger partial charge in [0.15, 0.2) is 0 Å². The topological polar surface area (TPSA) is 35.5 Å². The predicted octanol–water partition coefficient (Wildman–Crippen LogP) is 3.07. The summed E-state index contributed by atoms with van der Waals surface area (Å²) in [7, 11) is 0. The number of hydrogen-bond donors (Lipinski definition) is 2. The molecule has 0 fully saturated rings. The van der Waals surface area contributed by atoms with E-state index in [0.29, 0.717) is 6.04 Å². The summed E-state index contributed by atoms with van der Waals surface area (Å²) >= 11 is 0. The highest BCUT2D eigenvalue weighted by atomic mass is 16.3. The molecule has 0 aliphatic heterocycles. The first-order chi connectivity index (χ1) is 10.0. The van der Waals surface area contributed by atoms with E-state index in [1.54, 1.807) is 0 Å². The maximum atomic E-state index is 9.04. The number of rotatable bonds is 10. The average molecular weight is 292 g/mol. The Labute approximate surface area is 130 Å². The summed E-state index contributed by atoms with van der Waals surface area (Å²) < 4.78 is 0. The van der Waals surface area contributed by atoms with Crippen LogP contribution < -0.4 is 5.32 Å². The Balaban J connectivity index is 2.83. The van der Waals surface area contributed by atoms with Crippen LogP contribution >= 0.6 is 0 Å². The van der Waals surface area contributed by atoms with E-state index >= 15 is 0 Å². The zero-order valence-electron chi connectivity index (χ0n) is 14.1. The zero-order chi connectivity index (χ0) is 15.7. The summed E-state index contributed by atoms with van der Waals surface area (Å²) in [6.07, 6.45) is 0.848. The van der Waals surface area contributed by atoms with Gasteiger partial charge in [-0.3, -0.25) is 0 Å². The number of aliphatic hydroxyl groups excluding tert-OH is 1. The number of nitrogens with zero attached hydrogens (tertiary/aromatic N) is 1. The summed E-state index contributed by atoms with van der Waals surface area (Å²) in [5, 5.41) is 12.7. The van der Waals surface area contributed by atoms with E-state index in [1.165, 1.54) is 5.56 Å². The van der Waals surface area contributed by atoms with Gasteiger partial charge >= 0.3 is 0 Å². The van der Waals surface area contributed by atoms with Crippen molar-refractivity contribution in [2.75, 3.05) is 32.8 Å². The van der Waals surface area contributed by atoms with Crippen molar-refractivity contribution in [3.8, 4) is 0 Å². The van der Waals surface area contributed by atoms with Gasteiger partial charge in [-0.25, -0.2) is 0 Å². The molecule has 1 unspecified atom stereocenters. The van der Waals surface area contributed by atoms with Crippen LogP contribution in [0.4, 0.5) is 0 Å². The Morgan fingerprint density at radius 2 is 1.86 bits per heavy atom. The lowest BCUT2D eigenvalue weighted by molar-refractivity contribution is 0.133. The van der Waals surface area contributed by atoms with E-state index in [0.717, 1.165) is 32.6 Å². The fraction of sp³-hybridized carbons (Fsp3) is 0.667. The Morgan fingerprint density at radius 3 is 2.38 bits per heavy atom. The highest BCUT2D eigenvalue weighted by Gasteiger charge is 2.31. The second kappa shape index (κ2) is 9.19. The molecule has 0 amide bonds. The molecule has 1 rings (SSSR count). The molecule has 2 N–H and O–H groups in total. The van der Waals surface area contributed by atoms with Gasteiger partial charge in [-0.15, -0.1) is 0 Å². The van der Waals surface area contributed by atoms with Crippen molar-refractivity contribution in [1.82, 2.24) is 10.2 Å². The minimum atomic E-state index is 0.128. The van der Waals surface area contributed by atoms with Crippen LogP contribution in [-0.2, 0) is 0 Å². The molecule has 0 bridgehead atoms. The molecule has 0 radical (unpaired) electrons. The quantitative estimate of drug-likeness (QED) is 0.696. The van der Waals surface area contributed by atoms with Crippen molar-refractivity contribution < 1.29 is 5.11 Å². The Bertz CT molecular complexity index is 378. The molecule has 0 aliphatic rings. The van der Waals surface area contributed by atoms with E-state index in [4.69, 9.17) is 5.11 Å². The summed E-state index contributed by atoms with van der Waals surface area (Å²) in [6, 6.07) is 11.0. The van der Waals surface area contributed by atoms with Crippen LogP contribution in [0.2, 0.25) is 0 Å². The first kappa shape index (κ1) is 18.1. The van der Waals surface area contributed by atoms with Crippen LogP contribution in [0.15, 0.2) is 30.3 Å². The van der Waals surface area contributed by atoms with Gasteiger partial charge in [-0.05, 0) is 30.5 Å². The van der Waals surface area contributed by atoms with Crippen LogP contribution in [0.3, 0.4) is 0 Å². The molecule has 0 saturated heterocycles. The molecule has 1 atom stereocenters. The minimum Gasteiger partial charge on any atom is -0.396 e. The fourth-order valence-corrected chi connectivity index (χ4v) is 3.01. The molecule has 0 aromatic heterocycles. The lowest BCUT2D eigenvalue weighted by atomic mass is 9.79. The van der Waals surface area contributed by atoms with Crippen LogP contribution in [0, 0.1) is 5.41 Å². The molecule has 3 nitrogen and oxygen atoms in total. The minimum absolute atomic E-state index is 0.128. The van der Waals surface area contributed by atoms with Gasteiger partial charge in [0.2, 0.25) is 0 Å². The Morgan fingerprint density at radius 1 is 1.19 bits per heavy atom. The lowest BCUT2D eigenvalue weighted by Gasteiger charge is -2.39. The van der Waals surface area contributed by atoms with Gasteiger partial charge < -0.3 is 15.3 Å². The molecule has 21 heavy (non-hydrogen) atoms. The normalized spacial score (nSPS) is 13.6. The molecule has 1 aromatic rings. The molecular formula is C18H32N2O. The number of nitrogens with one attached hydrogen (secondary N) is 1. The van der Waals surface area contributed by atoms with Crippen molar-refractivity contribution in [1.29, 1.82) is 0 Å². The molecule has 120 valence electrons. The second-order valence-corrected chi connectivity index (χ2v) is 6.34. The average Bonchev–Trinajstić information content (AvgIpc) is 2.49. The third-order valence-corrected chi connectivity index (χ3v) is 4.03. The highest BCUT2D eigenvalue weighted by molar-refractivity contribution is 5.21. The molecule has 0 heterocycles. The highest BCUT2D eigenvalue weighted by Crippen LogP contribution is 2.34. The van der Waals surface area contributed by atoms with Crippen molar-refractivity contribution in [2.24, 2.45) is 5.41 Å². The maximum Gasteiger partial charge on any atom is 0.0443 e. The number of benzene rings is 1. The van der Waals surface area contributed by atoms with E-state index in [9.17, 15) is 0 Å². The van der Waals surface area contributed by atoms with E-state index in [2.05, 4.69) is 68.2 Å². The Kier molecular flexibility index (Phi) is 7.94. The molecule has 3 heteroatoms. The molecular weight excluding hydrogens is 260 g/mol. The van der Waals surface area contributed by atoms with E-state index in [-0.39, 0.29) is 12.0 Å². The van der Waals surface area contributed by atoms with Crippen LogP contribution in [0.25, 0.3) is 0 Å². The monoisotopic (exact) mass is 292 g/mol. The van der Waals surface area contributed by atoms with Crippen molar-refractivity contribution in [3.05, 3.63) is 35.9 Å². The SMILES string of the molecule is CCNC(c1ccccc1)C(C)(C)CN(CC)CCCO. The maximum absolute atomic E-state index is 9.04. The second-order valence-electron chi connectivity index (χ2n) is 6.34. The smallest absolute Gasteiger partial charge is 0.0443 e. The van der Waals surface area contributed by atoms with Gasteiger partial charge in [0.25, 0.3) is 0 Å². The summed E-state index contributed by atoms with van der Waals surface area (Å²) in [6.45, 7) is 13.3. The molecule has 0 spiro atoms. The van der Waals surface area contributed by atoms with Gasteiger partial charge in [0.05, 0.1) is 0 Å². The Hall–Kier alpha value is -0.900. The van der Waals surface area contributed by atoms with Crippen LogP contribution in [0.5, 0.6) is 0 Å². The lowest BCUT2D eigenvalue weighted by Crippen LogP contribution is -2.43. The summed E-state index contributed by atoms with van der Waals surface area (Å²) in [5.41, 5.74) is 1.48. The third-order valence-electron chi connectivity index (χ3n) is 4.03. The number of hydrogen-bond acceptors (Lipinski definition) is 3. The van der Waals surface area contributed by atoms with Crippen molar-refractivity contribution in [3.63, 3.8) is 0 Å². The molecule has 0 aliphatic carbocycles. The summed E-state index contributed by atoms with van der Waals surface area (Å²) in [4.78, 5) is 2.43. The van der Waals surface area contributed by atoms with E-state index in [1.807, 2.05) is 0 Å². The van der Waals surface area contributed by atoms with Gasteiger partial charge in [0, 0.05) is 25.7 Å². The third kappa shape index (κ3) is 5.77. The summed E-state index contributed by atoms with van der Waals surface area (Å²) in [5.74, 6) is 0. The van der Waals surface area contributed by atoms with Crippen molar-refractivity contribution >= 4 is 0 Å². The van der Waals surface area contributed by atoms with Gasteiger partial charge in [0.1, 0.15) is 0 Å². The first-order valence-corrected chi connectivity index (χ1v) is 8.16. The van der Waals surface area contributed by atoms with Gasteiger partial charge in [-0.2, -0.15) is 0 Å². The van der Waals surface area contributed by atoms with E-state index < -0.39 is 0 Å². The zero-order valence-corrected chi connectivity index (χ0v) is 14.1. The fourth-order valence-electron chi connectivity index (χ4n) is 3.01. The standard InChI is InChI=1S/C18H32N2O/c1-5-19-17(16-11-8-7-9-12-16)18(3,4)15-20(6-2)13-10-14-21/h7-9,11-12,17,19,21H,5-6,10,13-15H2,1-4H3. The van der Waals surface area contributed by atoms with Crippen LogP contribution in [0.1, 0.15) is 45.7 Å². The predicted molar refractivity (Wildman–Crippen MR) is 90.5 cm³/mol. The van der Waals surface area contributed by atoms with Gasteiger partial charge in [-0.1, -0.05) is 58.0 Å². The molecule has 1 aromatic carbocycles. The first-order valence-electron chi connectivity index (χ1n) is 8.16. The number of aliphatic hydroxyl groups is 1.